The van der Waals surface area contributed by atoms with Gasteiger partial charge in [-0.3, -0.25) is 9.20 Å². The van der Waals surface area contributed by atoms with E-state index in [9.17, 15) is 4.79 Å². The van der Waals surface area contributed by atoms with E-state index < -0.39 is 0 Å². The van der Waals surface area contributed by atoms with Gasteiger partial charge in [0.25, 0.3) is 0 Å². The summed E-state index contributed by atoms with van der Waals surface area (Å²) in [5, 5.41) is 0.332. The molecule has 0 aliphatic rings. The Kier molecular flexibility index (Phi) is 2.46. The van der Waals surface area contributed by atoms with Gasteiger partial charge in [0.15, 0.2) is 5.78 Å². The molecule has 0 amide bonds. The van der Waals surface area contributed by atoms with E-state index >= 15 is 0 Å². The fraction of sp³-hybridized carbons (Fsp3) is 0.200. The third-order valence-electron chi connectivity index (χ3n) is 2.23. The van der Waals surface area contributed by atoms with Crippen molar-refractivity contribution in [2.45, 2.75) is 6.92 Å². The molecule has 15 heavy (non-hydrogen) atoms. The number of fused-ring (bicyclic) bond motifs is 1. The normalized spacial score (nSPS) is 10.9. The predicted molar refractivity (Wildman–Crippen MR) is 58.3 cm³/mol. The lowest BCUT2D eigenvalue weighted by molar-refractivity contribution is 0.0997. The fourth-order valence-corrected chi connectivity index (χ4v) is 1.85. The highest BCUT2D eigenvalue weighted by molar-refractivity contribution is 6.33. The predicted octanol–water partition coefficient (Wildman–Crippen LogP) is 1.44. The third kappa shape index (κ3) is 1.52. The van der Waals surface area contributed by atoms with E-state index in [0.717, 1.165) is 5.69 Å². The largest absolute Gasteiger partial charge is 0.324 e. The van der Waals surface area contributed by atoms with Crippen molar-refractivity contribution in [3.63, 3.8) is 0 Å². The van der Waals surface area contributed by atoms with Crippen LogP contribution >= 0.6 is 11.6 Å². The molecule has 0 unspecified atom stereocenters. The molecule has 4 nitrogen and oxygen atoms in total. The van der Waals surface area contributed by atoms with Gasteiger partial charge in [0.05, 0.1) is 6.54 Å². The maximum Gasteiger partial charge on any atom is 0.197 e. The summed E-state index contributed by atoms with van der Waals surface area (Å²) >= 11 is 6.06. The molecule has 2 aromatic heterocycles. The van der Waals surface area contributed by atoms with Gasteiger partial charge < -0.3 is 5.73 Å². The summed E-state index contributed by atoms with van der Waals surface area (Å²) in [7, 11) is 0. The highest BCUT2D eigenvalue weighted by Crippen LogP contribution is 2.20. The number of pyridine rings is 1. The molecule has 0 fully saturated rings. The SMILES string of the molecule is Cc1cccc2nc(C(=O)CN)c(Cl)n12. The van der Waals surface area contributed by atoms with Gasteiger partial charge in [-0.05, 0) is 19.1 Å². The van der Waals surface area contributed by atoms with Gasteiger partial charge in [-0.25, -0.2) is 4.98 Å². The highest BCUT2D eigenvalue weighted by Gasteiger charge is 2.16. The second-order valence-electron chi connectivity index (χ2n) is 3.24. The summed E-state index contributed by atoms with van der Waals surface area (Å²) in [5.74, 6) is -0.247. The maximum atomic E-state index is 11.4. The van der Waals surface area contributed by atoms with Gasteiger partial charge in [-0.2, -0.15) is 0 Å². The van der Waals surface area contributed by atoms with E-state index in [1.165, 1.54) is 0 Å². The van der Waals surface area contributed by atoms with Crippen LogP contribution in [0.5, 0.6) is 0 Å². The Morgan fingerprint density at radius 3 is 2.93 bits per heavy atom. The molecule has 0 aromatic carbocycles. The van der Waals surface area contributed by atoms with Crippen molar-refractivity contribution in [2.24, 2.45) is 5.73 Å². The summed E-state index contributed by atoms with van der Waals surface area (Å²) < 4.78 is 1.73. The smallest absolute Gasteiger partial charge is 0.197 e. The monoisotopic (exact) mass is 223 g/mol. The van der Waals surface area contributed by atoms with Crippen LogP contribution in [0.2, 0.25) is 5.15 Å². The Hall–Kier alpha value is -1.39. The molecular weight excluding hydrogens is 214 g/mol. The minimum absolute atomic E-state index is 0.0807. The van der Waals surface area contributed by atoms with Crippen LogP contribution in [-0.4, -0.2) is 21.7 Å². The lowest BCUT2D eigenvalue weighted by Crippen LogP contribution is -2.14. The Balaban J connectivity index is 2.75. The van der Waals surface area contributed by atoms with Crippen LogP contribution in [0.4, 0.5) is 0 Å². The fourth-order valence-electron chi connectivity index (χ4n) is 1.49. The van der Waals surface area contributed by atoms with Crippen molar-refractivity contribution < 1.29 is 4.79 Å². The van der Waals surface area contributed by atoms with E-state index in [-0.39, 0.29) is 18.0 Å². The van der Waals surface area contributed by atoms with E-state index in [2.05, 4.69) is 4.98 Å². The minimum Gasteiger partial charge on any atom is -0.324 e. The molecule has 2 rings (SSSR count). The number of nitrogens with two attached hydrogens (primary N) is 1. The topological polar surface area (TPSA) is 60.4 Å². The highest BCUT2D eigenvalue weighted by atomic mass is 35.5. The number of aromatic nitrogens is 2. The number of carbonyl (C=O) groups is 1. The molecule has 0 aliphatic carbocycles. The molecule has 78 valence electrons. The Morgan fingerprint density at radius 1 is 1.60 bits per heavy atom. The number of halogens is 1. The van der Waals surface area contributed by atoms with Crippen LogP contribution in [0.1, 0.15) is 16.2 Å². The summed E-state index contributed by atoms with van der Waals surface area (Å²) in [6.45, 7) is 1.82. The van der Waals surface area contributed by atoms with E-state index in [0.29, 0.717) is 10.8 Å². The van der Waals surface area contributed by atoms with Crippen molar-refractivity contribution in [1.82, 2.24) is 9.38 Å². The minimum atomic E-state index is -0.247. The standard InChI is InChI=1S/C10H10ClN3O/c1-6-3-2-4-8-13-9(7(15)5-12)10(11)14(6)8/h2-4H,5,12H2,1H3. The molecule has 2 N–H and O–H groups in total. The second-order valence-corrected chi connectivity index (χ2v) is 3.60. The van der Waals surface area contributed by atoms with Crippen LogP contribution in [0.15, 0.2) is 18.2 Å². The number of ketones is 1. The lowest BCUT2D eigenvalue weighted by Gasteiger charge is -1.99. The van der Waals surface area contributed by atoms with E-state index in [1.54, 1.807) is 10.5 Å². The summed E-state index contributed by atoms with van der Waals surface area (Å²) in [6.07, 6.45) is 0. The molecule has 2 aromatic rings. The van der Waals surface area contributed by atoms with Crippen LogP contribution in [0, 0.1) is 6.92 Å². The van der Waals surface area contributed by atoms with Crippen molar-refractivity contribution in [3.05, 3.63) is 34.7 Å². The van der Waals surface area contributed by atoms with Gasteiger partial charge in [-0.15, -0.1) is 0 Å². The molecule has 0 saturated carbocycles. The van der Waals surface area contributed by atoms with Crippen molar-refractivity contribution in [3.8, 4) is 0 Å². The second kappa shape index (κ2) is 3.64. The average Bonchev–Trinajstić information content (AvgIpc) is 2.56. The number of aryl methyl sites for hydroxylation is 1. The summed E-state index contributed by atoms with van der Waals surface area (Å²) in [4.78, 5) is 15.6. The number of rotatable bonds is 2. The maximum absolute atomic E-state index is 11.4. The zero-order valence-electron chi connectivity index (χ0n) is 8.20. The van der Waals surface area contributed by atoms with E-state index in [1.807, 2.05) is 19.1 Å². The number of carbonyl (C=O) groups excluding carboxylic acids is 1. The molecule has 2 heterocycles. The average molecular weight is 224 g/mol. The molecule has 0 spiro atoms. The van der Waals surface area contributed by atoms with Crippen molar-refractivity contribution in [2.75, 3.05) is 6.54 Å². The Labute approximate surface area is 91.7 Å². The zero-order chi connectivity index (χ0) is 11.0. The molecule has 0 saturated heterocycles. The molecule has 5 heteroatoms. The first-order valence-corrected chi connectivity index (χ1v) is 4.89. The Morgan fingerprint density at radius 2 is 2.33 bits per heavy atom. The molecular formula is C10H10ClN3O. The Bertz CT molecular complexity index is 533. The van der Waals surface area contributed by atoms with Crippen molar-refractivity contribution in [1.29, 1.82) is 0 Å². The van der Waals surface area contributed by atoms with Crippen molar-refractivity contribution >= 4 is 23.0 Å². The molecule has 0 bridgehead atoms. The van der Waals surface area contributed by atoms with Crippen LogP contribution in [-0.2, 0) is 0 Å². The van der Waals surface area contributed by atoms with Gasteiger partial charge in [0.2, 0.25) is 0 Å². The number of hydrogen-bond acceptors (Lipinski definition) is 3. The molecule has 0 aliphatic heterocycles. The van der Waals surface area contributed by atoms with Gasteiger partial charge in [-0.1, -0.05) is 17.7 Å². The van der Waals surface area contributed by atoms with Gasteiger partial charge in [0, 0.05) is 5.69 Å². The summed E-state index contributed by atoms with van der Waals surface area (Å²) in [5.41, 5.74) is 7.11. The number of hydrogen-bond donors (Lipinski definition) is 1. The third-order valence-corrected chi connectivity index (χ3v) is 2.58. The number of nitrogens with zero attached hydrogens (tertiary/aromatic N) is 2. The molecule has 0 radical (unpaired) electrons. The van der Waals surface area contributed by atoms with Crippen LogP contribution < -0.4 is 5.73 Å². The number of imidazole rings is 1. The van der Waals surface area contributed by atoms with Gasteiger partial charge in [0.1, 0.15) is 16.5 Å². The van der Waals surface area contributed by atoms with E-state index in [4.69, 9.17) is 17.3 Å². The number of Topliss-reactive ketones (excluding diaryl/α,β-unsaturated/α-hetero) is 1. The van der Waals surface area contributed by atoms with Crippen LogP contribution in [0.25, 0.3) is 5.65 Å². The molecule has 0 atom stereocenters. The van der Waals surface area contributed by atoms with Gasteiger partial charge >= 0.3 is 0 Å². The lowest BCUT2D eigenvalue weighted by atomic mass is 10.3. The first-order valence-electron chi connectivity index (χ1n) is 4.52. The first-order chi connectivity index (χ1) is 7.15. The van der Waals surface area contributed by atoms with Crippen LogP contribution in [0.3, 0.4) is 0 Å². The quantitative estimate of drug-likeness (QED) is 0.784. The zero-order valence-corrected chi connectivity index (χ0v) is 8.95. The first kappa shape index (κ1) is 10.1. The summed E-state index contributed by atoms with van der Waals surface area (Å²) in [6, 6.07) is 5.56.